The highest BCUT2D eigenvalue weighted by atomic mass is 19.1. The van der Waals surface area contributed by atoms with E-state index in [1.165, 1.54) is 18.3 Å². The maximum absolute atomic E-state index is 13.2. The third-order valence-corrected chi connectivity index (χ3v) is 6.01. The monoisotopic (exact) mass is 449 g/mol. The zero-order valence-electron chi connectivity index (χ0n) is 18.0. The summed E-state index contributed by atoms with van der Waals surface area (Å²) in [5, 5.41) is 4.86. The van der Waals surface area contributed by atoms with E-state index in [9.17, 15) is 14.0 Å². The molecule has 2 aliphatic rings. The SMILES string of the molecule is O=C(OC1=CC=C(F)CC1)N1CCCC(n2ncc3c(=O)[nH]c(Cc4ccccc4)nc32)C1. The van der Waals surface area contributed by atoms with Crippen LogP contribution in [0, 0.1) is 0 Å². The summed E-state index contributed by atoms with van der Waals surface area (Å²) in [6, 6.07) is 9.68. The van der Waals surface area contributed by atoms with Gasteiger partial charge in [0.1, 0.15) is 22.8 Å². The number of aromatic amines is 1. The molecule has 1 fully saturated rings. The van der Waals surface area contributed by atoms with Crippen molar-refractivity contribution < 1.29 is 13.9 Å². The Labute approximate surface area is 189 Å². The van der Waals surface area contributed by atoms with Crippen LogP contribution in [-0.4, -0.2) is 43.8 Å². The lowest BCUT2D eigenvalue weighted by atomic mass is 10.1. The fourth-order valence-electron chi connectivity index (χ4n) is 4.30. The van der Waals surface area contributed by atoms with E-state index < -0.39 is 6.09 Å². The van der Waals surface area contributed by atoms with Crippen molar-refractivity contribution in [2.45, 2.75) is 38.1 Å². The summed E-state index contributed by atoms with van der Waals surface area (Å²) >= 11 is 0. The first-order chi connectivity index (χ1) is 16.1. The molecule has 33 heavy (non-hydrogen) atoms. The fourth-order valence-corrected chi connectivity index (χ4v) is 4.30. The average molecular weight is 449 g/mol. The molecule has 3 aromatic rings. The van der Waals surface area contributed by atoms with Crippen LogP contribution in [0.4, 0.5) is 9.18 Å². The Morgan fingerprint density at radius 1 is 1.21 bits per heavy atom. The number of piperidine rings is 1. The Hall–Kier alpha value is -3.75. The molecule has 1 aliphatic carbocycles. The number of H-pyrrole nitrogens is 1. The van der Waals surface area contributed by atoms with Gasteiger partial charge in [0.25, 0.3) is 5.56 Å². The van der Waals surface area contributed by atoms with Crippen LogP contribution in [0.25, 0.3) is 11.0 Å². The lowest BCUT2D eigenvalue weighted by Crippen LogP contribution is -2.41. The molecule has 1 amide bonds. The third-order valence-electron chi connectivity index (χ3n) is 6.01. The summed E-state index contributed by atoms with van der Waals surface area (Å²) in [6.07, 6.45) is 6.60. The largest absolute Gasteiger partial charge is 0.415 e. The number of benzene rings is 1. The molecule has 170 valence electrons. The second kappa shape index (κ2) is 9.01. The Morgan fingerprint density at radius 2 is 2.06 bits per heavy atom. The number of ether oxygens (including phenoxy) is 1. The molecule has 5 rings (SSSR count). The maximum atomic E-state index is 13.2. The minimum Gasteiger partial charge on any atom is -0.415 e. The number of carbonyl (C=O) groups is 1. The smallest absolute Gasteiger partial charge is 0.414 e. The molecule has 8 nitrogen and oxygen atoms in total. The molecule has 0 spiro atoms. The molecule has 0 radical (unpaired) electrons. The number of hydrogen-bond donors (Lipinski definition) is 1. The quantitative estimate of drug-likeness (QED) is 0.650. The highest BCUT2D eigenvalue weighted by molar-refractivity contribution is 5.73. The number of halogens is 1. The number of allylic oxidation sites excluding steroid dienone is 4. The minimum absolute atomic E-state index is 0.125. The van der Waals surface area contributed by atoms with Gasteiger partial charge in [0.2, 0.25) is 0 Å². The van der Waals surface area contributed by atoms with Crippen LogP contribution in [0.15, 0.2) is 65.1 Å². The molecule has 1 N–H and O–H groups in total. The van der Waals surface area contributed by atoms with Crippen LogP contribution >= 0.6 is 0 Å². The number of aromatic nitrogens is 4. The van der Waals surface area contributed by atoms with Crippen molar-refractivity contribution in [1.29, 1.82) is 0 Å². The zero-order chi connectivity index (χ0) is 22.8. The van der Waals surface area contributed by atoms with Crippen molar-refractivity contribution in [3.05, 3.63) is 82.0 Å². The number of fused-ring (bicyclic) bond motifs is 1. The van der Waals surface area contributed by atoms with Gasteiger partial charge in [0.05, 0.1) is 12.2 Å². The van der Waals surface area contributed by atoms with Gasteiger partial charge in [0, 0.05) is 32.4 Å². The highest BCUT2D eigenvalue weighted by Crippen LogP contribution is 2.26. The summed E-state index contributed by atoms with van der Waals surface area (Å²) in [6.45, 7) is 0.967. The number of rotatable bonds is 4. The molecule has 1 saturated heterocycles. The van der Waals surface area contributed by atoms with Gasteiger partial charge < -0.3 is 14.6 Å². The zero-order valence-corrected chi connectivity index (χ0v) is 18.0. The summed E-state index contributed by atoms with van der Waals surface area (Å²) in [7, 11) is 0. The number of nitrogens with zero attached hydrogens (tertiary/aromatic N) is 4. The standard InChI is InChI=1S/C24H24FN5O3/c25-17-8-10-19(11-9-17)33-24(32)29-12-4-7-18(15-29)30-22-20(14-26-30)23(31)28-21(27-22)13-16-5-2-1-3-6-16/h1-3,5-6,8,10,14,18H,4,7,9,11-13,15H2,(H,27,28,31). The Kier molecular flexibility index (Phi) is 5.77. The van der Waals surface area contributed by atoms with Crippen molar-refractivity contribution in [2.24, 2.45) is 0 Å². The molecule has 1 unspecified atom stereocenters. The normalized spacial score (nSPS) is 18.7. The summed E-state index contributed by atoms with van der Waals surface area (Å²) in [5.74, 6) is 0.816. The van der Waals surface area contributed by atoms with Crippen LogP contribution in [0.2, 0.25) is 0 Å². The molecule has 1 aliphatic heterocycles. The average Bonchev–Trinajstić information content (AvgIpc) is 3.26. The van der Waals surface area contributed by atoms with Gasteiger partial charge in [-0.05, 0) is 30.6 Å². The Bertz CT molecular complexity index is 1290. The Morgan fingerprint density at radius 3 is 2.85 bits per heavy atom. The molecule has 3 heterocycles. The Balaban J connectivity index is 1.36. The number of hydrogen-bond acceptors (Lipinski definition) is 5. The van der Waals surface area contributed by atoms with Gasteiger partial charge in [0.15, 0.2) is 5.65 Å². The maximum Gasteiger partial charge on any atom is 0.414 e. The predicted molar refractivity (Wildman–Crippen MR) is 120 cm³/mol. The molecule has 1 aromatic carbocycles. The van der Waals surface area contributed by atoms with Crippen molar-refractivity contribution in [2.75, 3.05) is 13.1 Å². The number of amides is 1. The van der Waals surface area contributed by atoms with E-state index in [0.29, 0.717) is 48.5 Å². The number of carbonyl (C=O) groups excluding carboxylic acids is 1. The second-order valence-electron chi connectivity index (χ2n) is 8.36. The van der Waals surface area contributed by atoms with Crippen LogP contribution in [-0.2, 0) is 11.2 Å². The molecular weight excluding hydrogens is 425 g/mol. The van der Waals surface area contributed by atoms with Crippen LogP contribution in [0.1, 0.15) is 43.1 Å². The van der Waals surface area contributed by atoms with Gasteiger partial charge in [-0.3, -0.25) is 4.79 Å². The van der Waals surface area contributed by atoms with Gasteiger partial charge in [-0.25, -0.2) is 18.9 Å². The number of likely N-dealkylation sites (tertiary alicyclic amines) is 1. The van der Waals surface area contributed by atoms with Gasteiger partial charge in [-0.2, -0.15) is 5.10 Å². The van der Waals surface area contributed by atoms with E-state index in [1.807, 2.05) is 30.3 Å². The van der Waals surface area contributed by atoms with Crippen LogP contribution < -0.4 is 5.56 Å². The summed E-state index contributed by atoms with van der Waals surface area (Å²) < 4.78 is 20.4. The lowest BCUT2D eigenvalue weighted by molar-refractivity contribution is 0.104. The van der Waals surface area contributed by atoms with Gasteiger partial charge in [-0.1, -0.05) is 30.3 Å². The fraction of sp³-hybridized carbons (Fsp3) is 0.333. The number of nitrogens with one attached hydrogen (secondary N) is 1. The van der Waals surface area contributed by atoms with E-state index in [4.69, 9.17) is 9.72 Å². The lowest BCUT2D eigenvalue weighted by Gasteiger charge is -2.32. The molecule has 0 bridgehead atoms. The summed E-state index contributed by atoms with van der Waals surface area (Å²) in [5.41, 5.74) is 1.33. The van der Waals surface area contributed by atoms with Crippen molar-refractivity contribution in [3.63, 3.8) is 0 Å². The first-order valence-electron chi connectivity index (χ1n) is 11.1. The third kappa shape index (κ3) is 4.57. The summed E-state index contributed by atoms with van der Waals surface area (Å²) in [4.78, 5) is 34.5. The van der Waals surface area contributed by atoms with Crippen LogP contribution in [0.5, 0.6) is 0 Å². The molecular formula is C24H24FN5O3. The van der Waals surface area contributed by atoms with Crippen molar-refractivity contribution in [3.8, 4) is 0 Å². The topological polar surface area (TPSA) is 93.1 Å². The first-order valence-corrected chi connectivity index (χ1v) is 11.1. The second-order valence-corrected chi connectivity index (χ2v) is 8.36. The molecule has 9 heteroatoms. The van der Waals surface area contributed by atoms with E-state index in [0.717, 1.165) is 18.4 Å². The van der Waals surface area contributed by atoms with E-state index >= 15 is 0 Å². The minimum atomic E-state index is -0.450. The van der Waals surface area contributed by atoms with Gasteiger partial charge >= 0.3 is 6.09 Å². The first kappa shape index (κ1) is 21.1. The molecule has 0 saturated carbocycles. The van der Waals surface area contributed by atoms with E-state index in [2.05, 4.69) is 10.1 Å². The molecule has 2 aromatic heterocycles. The highest BCUT2D eigenvalue weighted by Gasteiger charge is 2.29. The van der Waals surface area contributed by atoms with Crippen molar-refractivity contribution in [1.82, 2.24) is 24.6 Å². The predicted octanol–water partition coefficient (Wildman–Crippen LogP) is 4.02. The van der Waals surface area contributed by atoms with E-state index in [-0.39, 0.29) is 23.8 Å². The van der Waals surface area contributed by atoms with E-state index in [1.54, 1.807) is 9.58 Å². The van der Waals surface area contributed by atoms with Crippen LogP contribution in [0.3, 0.4) is 0 Å². The van der Waals surface area contributed by atoms with Gasteiger partial charge in [-0.15, -0.1) is 0 Å². The van der Waals surface area contributed by atoms with Crippen molar-refractivity contribution >= 4 is 17.1 Å². The molecule has 1 atom stereocenters.